The van der Waals surface area contributed by atoms with E-state index in [1.807, 2.05) is 5.10 Å². The maximum atomic E-state index is 14.3. The molecule has 166 valence electrons. The molecule has 4 nitrogen and oxygen atoms in total. The number of alkyl halides is 3. The second kappa shape index (κ2) is 7.22. The highest BCUT2D eigenvalue weighted by Gasteiger charge is 2.38. The third-order valence-corrected chi connectivity index (χ3v) is 5.24. The molecule has 0 aliphatic rings. The summed E-state index contributed by atoms with van der Waals surface area (Å²) in [6, 6.07) is 12.9. The van der Waals surface area contributed by atoms with E-state index in [-0.39, 0.29) is 11.6 Å². The highest BCUT2D eigenvalue weighted by Crippen LogP contribution is 2.41. The Bertz CT molecular complexity index is 1610. The maximum Gasteiger partial charge on any atom is 0.433 e. The molecule has 0 atom stereocenters. The molecule has 3 aromatic carbocycles. The van der Waals surface area contributed by atoms with E-state index in [1.54, 1.807) is 36.4 Å². The van der Waals surface area contributed by atoms with Gasteiger partial charge in [-0.25, -0.2) is 22.7 Å². The van der Waals surface area contributed by atoms with E-state index in [4.69, 9.17) is 0 Å². The zero-order valence-corrected chi connectivity index (χ0v) is 16.3. The van der Waals surface area contributed by atoms with Crippen molar-refractivity contribution in [1.29, 1.82) is 0 Å². The Hall–Kier alpha value is -4.08. The van der Waals surface area contributed by atoms with Crippen molar-refractivity contribution >= 4 is 16.4 Å². The lowest BCUT2D eigenvalue weighted by molar-refractivity contribution is -0.140. The number of aromatic nitrogens is 3. The molecule has 0 aliphatic heterocycles. The van der Waals surface area contributed by atoms with Crippen LogP contribution in [0.15, 0.2) is 65.5 Å². The second-order valence-corrected chi connectivity index (χ2v) is 7.27. The molecule has 0 bridgehead atoms. The summed E-state index contributed by atoms with van der Waals surface area (Å²) in [6.45, 7) is 0. The van der Waals surface area contributed by atoms with Crippen molar-refractivity contribution in [2.75, 3.05) is 0 Å². The van der Waals surface area contributed by atoms with E-state index in [9.17, 15) is 31.1 Å². The summed E-state index contributed by atoms with van der Waals surface area (Å²) in [6.07, 6.45) is -4.89. The fourth-order valence-corrected chi connectivity index (χ4v) is 3.80. The molecule has 2 aromatic heterocycles. The molecule has 1 N–H and O–H groups in total. The van der Waals surface area contributed by atoms with E-state index >= 15 is 0 Å². The fourth-order valence-electron chi connectivity index (χ4n) is 3.80. The average Bonchev–Trinajstić information content (AvgIpc) is 3.16. The molecule has 5 rings (SSSR count). The molecule has 0 radical (unpaired) electrons. The highest BCUT2D eigenvalue weighted by molar-refractivity contribution is 6.00. The van der Waals surface area contributed by atoms with Crippen LogP contribution in [-0.2, 0) is 6.18 Å². The zero-order valence-electron chi connectivity index (χ0n) is 16.3. The molecule has 0 spiro atoms. The van der Waals surface area contributed by atoms with E-state index in [2.05, 4.69) is 4.98 Å². The molecule has 0 fully saturated rings. The molecule has 0 aliphatic carbocycles. The summed E-state index contributed by atoms with van der Waals surface area (Å²) < 4.78 is 83.9. The van der Waals surface area contributed by atoms with Gasteiger partial charge in [0.05, 0.1) is 11.3 Å². The van der Waals surface area contributed by atoms with Crippen molar-refractivity contribution in [1.82, 2.24) is 14.6 Å². The predicted molar refractivity (Wildman–Crippen MR) is 109 cm³/mol. The van der Waals surface area contributed by atoms with Gasteiger partial charge in [-0.05, 0) is 22.4 Å². The van der Waals surface area contributed by atoms with Crippen molar-refractivity contribution < 1.29 is 26.3 Å². The fraction of sp³-hybridized carbons (Fsp3) is 0.0435. The van der Waals surface area contributed by atoms with Gasteiger partial charge in [0, 0.05) is 17.7 Å². The Morgan fingerprint density at radius 3 is 2.27 bits per heavy atom. The summed E-state index contributed by atoms with van der Waals surface area (Å²) >= 11 is 0. The summed E-state index contributed by atoms with van der Waals surface area (Å²) in [7, 11) is 0. The molecule has 33 heavy (non-hydrogen) atoms. The third-order valence-electron chi connectivity index (χ3n) is 5.24. The first kappa shape index (κ1) is 20.8. The van der Waals surface area contributed by atoms with Crippen LogP contribution in [0.1, 0.15) is 5.69 Å². The number of hydrogen-bond acceptors (Lipinski definition) is 2. The quantitative estimate of drug-likeness (QED) is 0.262. The summed E-state index contributed by atoms with van der Waals surface area (Å²) in [4.78, 5) is 16.7. The molecule has 10 heteroatoms. The molecule has 0 unspecified atom stereocenters. The van der Waals surface area contributed by atoms with Crippen LogP contribution in [0, 0.1) is 17.5 Å². The van der Waals surface area contributed by atoms with Crippen LogP contribution in [0.2, 0.25) is 0 Å². The van der Waals surface area contributed by atoms with Gasteiger partial charge in [-0.3, -0.25) is 9.89 Å². The van der Waals surface area contributed by atoms with Crippen LogP contribution < -0.4 is 5.56 Å². The first-order valence-corrected chi connectivity index (χ1v) is 9.51. The average molecular weight is 459 g/mol. The topological polar surface area (TPSA) is 50.2 Å². The number of H-pyrrole nitrogens is 1. The summed E-state index contributed by atoms with van der Waals surface area (Å²) in [5.74, 6) is -4.07. The van der Waals surface area contributed by atoms with Crippen LogP contribution in [-0.4, -0.2) is 14.6 Å². The highest BCUT2D eigenvalue weighted by atomic mass is 19.4. The van der Waals surface area contributed by atoms with Crippen molar-refractivity contribution in [2.45, 2.75) is 6.18 Å². The minimum atomic E-state index is -4.89. The Kier molecular flexibility index (Phi) is 4.55. The molecule has 5 aromatic rings. The van der Waals surface area contributed by atoms with Crippen molar-refractivity contribution in [3.8, 4) is 22.4 Å². The number of halogens is 6. The zero-order chi connectivity index (χ0) is 23.5. The second-order valence-electron chi connectivity index (χ2n) is 7.27. The molecule has 0 saturated carbocycles. The summed E-state index contributed by atoms with van der Waals surface area (Å²) in [5, 5.41) is 3.15. The standard InChI is InChI=1S/C23H11F6N3O/c24-15-9-17(26)16(25)8-14(15)18-10-19(33)32-22(30-18)20(21(31-32)23(27,28)29)13-7-3-5-11-4-1-2-6-12(11)13/h1-10,31H. The number of rotatable bonds is 2. The van der Waals surface area contributed by atoms with Crippen molar-refractivity contribution in [3.05, 3.63) is 94.2 Å². The molecule has 2 heterocycles. The maximum absolute atomic E-state index is 14.3. The number of nitrogens with one attached hydrogen (secondary N) is 1. The van der Waals surface area contributed by atoms with Gasteiger partial charge in [-0.2, -0.15) is 13.2 Å². The minimum absolute atomic E-state index is 0.133. The number of fused-ring (bicyclic) bond motifs is 2. The van der Waals surface area contributed by atoms with Gasteiger partial charge >= 0.3 is 6.18 Å². The van der Waals surface area contributed by atoms with Gasteiger partial charge in [-0.15, -0.1) is 0 Å². The monoisotopic (exact) mass is 459 g/mol. The SMILES string of the molecule is O=c1cc(-c2cc(F)c(F)cc2F)nc2c(-c3cccc4ccccc34)c(C(F)(F)F)[nH]n12. The summed E-state index contributed by atoms with van der Waals surface area (Å²) in [5.41, 5.74) is -3.96. The van der Waals surface area contributed by atoms with E-state index in [0.29, 0.717) is 21.4 Å². The van der Waals surface area contributed by atoms with Crippen LogP contribution in [0.5, 0.6) is 0 Å². The number of hydrogen-bond donors (Lipinski definition) is 1. The van der Waals surface area contributed by atoms with Gasteiger partial charge in [0.1, 0.15) is 11.5 Å². The van der Waals surface area contributed by atoms with Gasteiger partial charge < -0.3 is 0 Å². The first-order valence-electron chi connectivity index (χ1n) is 9.51. The minimum Gasteiger partial charge on any atom is -0.284 e. The smallest absolute Gasteiger partial charge is 0.284 e. The van der Waals surface area contributed by atoms with Crippen LogP contribution >= 0.6 is 0 Å². The van der Waals surface area contributed by atoms with Crippen molar-refractivity contribution in [2.24, 2.45) is 0 Å². The molecule has 0 saturated heterocycles. The van der Waals surface area contributed by atoms with Gasteiger partial charge in [0.25, 0.3) is 5.56 Å². The predicted octanol–water partition coefficient (Wildman–Crippen LogP) is 5.95. The lowest BCUT2D eigenvalue weighted by Crippen LogP contribution is -2.15. The Morgan fingerprint density at radius 1 is 0.818 bits per heavy atom. The van der Waals surface area contributed by atoms with E-state index < -0.39 is 57.3 Å². The van der Waals surface area contributed by atoms with Crippen LogP contribution in [0.3, 0.4) is 0 Å². The van der Waals surface area contributed by atoms with Gasteiger partial charge in [-0.1, -0.05) is 42.5 Å². The Balaban J connectivity index is 1.90. The molecule has 0 amide bonds. The first-order chi connectivity index (χ1) is 15.6. The largest absolute Gasteiger partial charge is 0.433 e. The molecular weight excluding hydrogens is 448 g/mol. The van der Waals surface area contributed by atoms with Crippen LogP contribution in [0.25, 0.3) is 38.8 Å². The lowest BCUT2D eigenvalue weighted by atomic mass is 9.98. The van der Waals surface area contributed by atoms with Gasteiger partial charge in [0.15, 0.2) is 17.3 Å². The lowest BCUT2D eigenvalue weighted by Gasteiger charge is -2.10. The number of aromatic amines is 1. The van der Waals surface area contributed by atoms with Crippen molar-refractivity contribution in [3.63, 3.8) is 0 Å². The number of benzene rings is 3. The Labute approximate surface area is 180 Å². The van der Waals surface area contributed by atoms with E-state index in [1.165, 1.54) is 6.07 Å². The van der Waals surface area contributed by atoms with Crippen LogP contribution in [0.4, 0.5) is 26.3 Å². The van der Waals surface area contributed by atoms with E-state index in [0.717, 1.165) is 6.07 Å². The number of nitrogens with zero attached hydrogens (tertiary/aromatic N) is 2. The Morgan fingerprint density at radius 2 is 1.52 bits per heavy atom. The van der Waals surface area contributed by atoms with Gasteiger partial charge in [0.2, 0.25) is 0 Å². The third kappa shape index (κ3) is 3.34. The molecular formula is C23H11F6N3O. The normalized spacial score (nSPS) is 12.1.